The van der Waals surface area contributed by atoms with Gasteiger partial charge in [0.2, 0.25) is 11.8 Å². The zero-order valence-corrected chi connectivity index (χ0v) is 27.0. The van der Waals surface area contributed by atoms with Gasteiger partial charge in [-0.1, -0.05) is 61.3 Å². The summed E-state index contributed by atoms with van der Waals surface area (Å²) in [5, 5.41) is 3.73. The number of rotatable bonds is 12. The van der Waals surface area contributed by atoms with E-state index in [1.165, 1.54) is 17.0 Å². The van der Waals surface area contributed by atoms with Gasteiger partial charge in [0, 0.05) is 26.2 Å². The fourth-order valence-electron chi connectivity index (χ4n) is 4.05. The first-order valence-corrected chi connectivity index (χ1v) is 16.1. The molecule has 1 N–H and O–H groups in total. The van der Waals surface area contributed by atoms with E-state index in [1.807, 2.05) is 20.8 Å². The number of hydrogen-bond donors (Lipinski definition) is 1. The second-order valence-corrected chi connectivity index (χ2v) is 13.3. The normalized spacial score (nSPS) is 12.8. The van der Waals surface area contributed by atoms with Crippen molar-refractivity contribution >= 4 is 73.3 Å². The zero-order valence-electron chi connectivity index (χ0n) is 22.5. The molecule has 0 fully saturated rings. The molecule has 2 amide bonds. The molecule has 0 aliphatic carbocycles. The molecule has 0 heterocycles. The van der Waals surface area contributed by atoms with Gasteiger partial charge in [0.05, 0.1) is 10.6 Å². The summed E-state index contributed by atoms with van der Waals surface area (Å²) in [5.74, 6) is -0.864. The Hall–Kier alpha value is -2.34. The lowest BCUT2D eigenvalue weighted by atomic mass is 10.1. The lowest BCUT2D eigenvalue weighted by molar-refractivity contribution is -0.140. The van der Waals surface area contributed by atoms with Gasteiger partial charge in [-0.05, 0) is 96.5 Å². The summed E-state index contributed by atoms with van der Waals surface area (Å²) in [5.41, 5.74) is 0.917. The summed E-state index contributed by atoms with van der Waals surface area (Å²) in [4.78, 5) is 28.9. The Morgan fingerprint density at radius 2 is 1.60 bits per heavy atom. The van der Waals surface area contributed by atoms with Crippen molar-refractivity contribution in [3.05, 3.63) is 92.0 Å². The topological polar surface area (TPSA) is 86.8 Å². The summed E-state index contributed by atoms with van der Waals surface area (Å²) in [6, 6.07) is 18.8. The molecular weight excluding hydrogens is 684 g/mol. The number of anilines is 1. The van der Waals surface area contributed by atoms with Gasteiger partial charge in [0.15, 0.2) is 0 Å². The maximum atomic E-state index is 14.1. The van der Waals surface area contributed by atoms with Gasteiger partial charge < -0.3 is 10.2 Å². The van der Waals surface area contributed by atoms with Crippen LogP contribution < -0.4 is 9.62 Å². The average molecular weight is 716 g/mol. The van der Waals surface area contributed by atoms with Gasteiger partial charge in [-0.3, -0.25) is 13.9 Å². The molecule has 11 heteroatoms. The molecule has 3 rings (SSSR count). The van der Waals surface area contributed by atoms with Crippen LogP contribution in [0.25, 0.3) is 0 Å². The molecule has 0 saturated heterocycles. The molecule has 3 aromatic carbocycles. The van der Waals surface area contributed by atoms with E-state index in [9.17, 15) is 18.0 Å². The molecule has 214 valence electrons. The van der Waals surface area contributed by atoms with E-state index in [1.54, 1.807) is 60.7 Å². The third-order valence-electron chi connectivity index (χ3n) is 6.47. The number of nitrogens with zero attached hydrogens (tertiary/aromatic N) is 2. The first-order valence-electron chi connectivity index (χ1n) is 12.8. The van der Waals surface area contributed by atoms with Gasteiger partial charge >= 0.3 is 0 Å². The van der Waals surface area contributed by atoms with Gasteiger partial charge in [-0.2, -0.15) is 0 Å². The highest BCUT2D eigenvalue weighted by Crippen LogP contribution is 2.27. The molecule has 0 radical (unpaired) electrons. The van der Waals surface area contributed by atoms with E-state index in [0.29, 0.717) is 27.7 Å². The Balaban J connectivity index is 2.07. The number of carbonyl (C=O) groups excluding carboxylic acids is 2. The highest BCUT2D eigenvalue weighted by molar-refractivity contribution is 14.1. The number of carbonyl (C=O) groups is 2. The van der Waals surface area contributed by atoms with E-state index >= 15 is 0 Å². The maximum Gasteiger partial charge on any atom is 0.264 e. The summed E-state index contributed by atoms with van der Waals surface area (Å²) >= 11 is 14.7. The molecule has 40 heavy (non-hydrogen) atoms. The molecule has 0 bridgehead atoms. The molecule has 0 aliphatic rings. The molecule has 3 aromatic rings. The molecular formula is C29H32Cl2IN3O4S. The minimum Gasteiger partial charge on any atom is -0.352 e. The van der Waals surface area contributed by atoms with Crippen molar-refractivity contribution in [3.8, 4) is 0 Å². The van der Waals surface area contributed by atoms with Crippen LogP contribution in [0.2, 0.25) is 10.0 Å². The summed E-state index contributed by atoms with van der Waals surface area (Å²) in [6.45, 7) is 5.12. The standard InChI is InChI=1S/C29H32Cl2IN3O4S/c1-4-20(3)33-29(37)27(5-2)34(18-21-11-12-22(30)17-26(21)31)28(36)19-35(24-15-13-23(32)14-16-24)40(38,39)25-9-7-6-8-10-25/h6-17,20,27H,4-5,18-19H2,1-3H3,(H,33,37). The molecule has 2 atom stereocenters. The van der Waals surface area contributed by atoms with Crippen LogP contribution in [-0.2, 0) is 26.2 Å². The number of amides is 2. The van der Waals surface area contributed by atoms with Crippen LogP contribution in [0.1, 0.15) is 39.2 Å². The zero-order chi connectivity index (χ0) is 29.4. The smallest absolute Gasteiger partial charge is 0.264 e. The minimum atomic E-state index is -4.12. The fraction of sp³-hybridized carbons (Fsp3) is 0.310. The third-order valence-corrected chi connectivity index (χ3v) is 9.56. The SMILES string of the molecule is CCC(C)NC(=O)C(CC)N(Cc1ccc(Cl)cc1Cl)C(=O)CN(c1ccc(I)cc1)S(=O)(=O)c1ccccc1. The highest BCUT2D eigenvalue weighted by Gasteiger charge is 2.34. The monoisotopic (exact) mass is 715 g/mol. The van der Waals surface area contributed by atoms with Crippen LogP contribution in [0, 0.1) is 3.57 Å². The van der Waals surface area contributed by atoms with Crippen LogP contribution in [0.5, 0.6) is 0 Å². The van der Waals surface area contributed by atoms with Crippen molar-refractivity contribution in [3.63, 3.8) is 0 Å². The minimum absolute atomic E-state index is 0.00676. The molecule has 7 nitrogen and oxygen atoms in total. The van der Waals surface area contributed by atoms with E-state index in [-0.39, 0.29) is 23.4 Å². The Bertz CT molecular complexity index is 1420. The Labute approximate surface area is 260 Å². The third kappa shape index (κ3) is 8.11. The van der Waals surface area contributed by atoms with Gasteiger partial charge in [-0.15, -0.1) is 0 Å². The van der Waals surface area contributed by atoms with Crippen LogP contribution >= 0.6 is 45.8 Å². The van der Waals surface area contributed by atoms with E-state index in [2.05, 4.69) is 27.9 Å². The van der Waals surface area contributed by atoms with Crippen molar-refractivity contribution in [1.29, 1.82) is 0 Å². The molecule has 0 aliphatic heterocycles. The highest BCUT2D eigenvalue weighted by atomic mass is 127. The number of sulfonamides is 1. The number of halogens is 3. The van der Waals surface area contributed by atoms with Crippen molar-refractivity contribution in [2.75, 3.05) is 10.8 Å². The molecule has 0 aromatic heterocycles. The predicted octanol–water partition coefficient (Wildman–Crippen LogP) is 6.52. The lowest BCUT2D eigenvalue weighted by Crippen LogP contribution is -2.53. The van der Waals surface area contributed by atoms with Gasteiger partial charge in [0.1, 0.15) is 12.6 Å². The first-order chi connectivity index (χ1) is 19.0. The Morgan fingerprint density at radius 3 is 2.17 bits per heavy atom. The van der Waals surface area contributed by atoms with E-state index < -0.39 is 28.5 Å². The van der Waals surface area contributed by atoms with Gasteiger partial charge in [0.25, 0.3) is 10.0 Å². The molecule has 0 saturated carbocycles. The second kappa shape index (κ2) is 14.5. The largest absolute Gasteiger partial charge is 0.352 e. The quantitative estimate of drug-likeness (QED) is 0.217. The van der Waals surface area contributed by atoms with Crippen LogP contribution in [0.3, 0.4) is 0 Å². The number of benzene rings is 3. The predicted molar refractivity (Wildman–Crippen MR) is 169 cm³/mol. The number of nitrogens with one attached hydrogen (secondary N) is 1. The van der Waals surface area contributed by atoms with Gasteiger partial charge in [-0.25, -0.2) is 8.42 Å². The van der Waals surface area contributed by atoms with Crippen LogP contribution in [0.15, 0.2) is 77.7 Å². The Kier molecular flexibility index (Phi) is 11.7. The van der Waals surface area contributed by atoms with Crippen molar-refractivity contribution in [2.24, 2.45) is 0 Å². The average Bonchev–Trinajstić information content (AvgIpc) is 2.93. The van der Waals surface area contributed by atoms with Crippen molar-refractivity contribution in [2.45, 2.75) is 57.1 Å². The fourth-order valence-corrected chi connectivity index (χ4v) is 6.31. The summed E-state index contributed by atoms with van der Waals surface area (Å²) < 4.78 is 29.6. The lowest BCUT2D eigenvalue weighted by Gasteiger charge is -2.34. The van der Waals surface area contributed by atoms with Crippen molar-refractivity contribution in [1.82, 2.24) is 10.2 Å². The van der Waals surface area contributed by atoms with E-state index in [0.717, 1.165) is 14.3 Å². The summed E-state index contributed by atoms with van der Waals surface area (Å²) in [6.07, 6.45) is 1.03. The van der Waals surface area contributed by atoms with Crippen molar-refractivity contribution < 1.29 is 18.0 Å². The van der Waals surface area contributed by atoms with E-state index in [4.69, 9.17) is 23.2 Å². The Morgan fingerprint density at radius 1 is 0.950 bits per heavy atom. The number of hydrogen-bond acceptors (Lipinski definition) is 4. The molecule has 2 unspecified atom stereocenters. The summed E-state index contributed by atoms with van der Waals surface area (Å²) in [7, 11) is -4.12. The van der Waals surface area contributed by atoms with Crippen LogP contribution in [-0.4, -0.2) is 43.8 Å². The second-order valence-electron chi connectivity index (χ2n) is 9.30. The molecule has 0 spiro atoms. The first kappa shape index (κ1) is 32.2. The maximum absolute atomic E-state index is 14.1. The van der Waals surface area contributed by atoms with Crippen LogP contribution in [0.4, 0.5) is 5.69 Å².